The van der Waals surface area contributed by atoms with E-state index in [0.29, 0.717) is 5.56 Å². The van der Waals surface area contributed by atoms with E-state index in [2.05, 4.69) is 15.5 Å². The molecule has 0 aliphatic rings. The van der Waals surface area contributed by atoms with Crippen LogP contribution in [0.5, 0.6) is 0 Å². The van der Waals surface area contributed by atoms with Crippen LogP contribution in [-0.2, 0) is 9.84 Å². The number of benzene rings is 2. The molecule has 0 atom stereocenters. The lowest BCUT2D eigenvalue weighted by Crippen LogP contribution is -2.13. The molecule has 1 N–H and O–H groups in total. The average Bonchev–Trinajstić information content (AvgIpc) is 3.15. The molecule has 13 nitrogen and oxygen atoms in total. The van der Waals surface area contributed by atoms with E-state index in [4.69, 9.17) is 4.42 Å². The first-order valence-electron chi connectivity index (χ1n) is 7.94. The summed E-state index contributed by atoms with van der Waals surface area (Å²) in [7, 11) is -3.38. The number of sulfone groups is 1. The van der Waals surface area contributed by atoms with Crippen LogP contribution in [0.3, 0.4) is 0 Å². The fourth-order valence-corrected chi connectivity index (χ4v) is 2.97. The normalized spacial score (nSPS) is 11.1. The molecule has 0 saturated heterocycles. The summed E-state index contributed by atoms with van der Waals surface area (Å²) in [5.74, 6) is -0.972. The van der Waals surface area contributed by atoms with Crippen molar-refractivity contribution in [1.82, 2.24) is 10.2 Å². The van der Waals surface area contributed by atoms with Gasteiger partial charge in [0.2, 0.25) is 5.89 Å². The molecule has 0 bridgehead atoms. The molecule has 0 radical (unpaired) electrons. The fourth-order valence-electron chi connectivity index (χ4n) is 2.34. The van der Waals surface area contributed by atoms with Gasteiger partial charge in [-0.2, -0.15) is 0 Å². The Morgan fingerprint density at radius 2 is 1.57 bits per heavy atom. The average molecular weight is 433 g/mol. The third-order valence-electron chi connectivity index (χ3n) is 3.76. The van der Waals surface area contributed by atoms with Crippen LogP contribution in [0.4, 0.5) is 17.4 Å². The van der Waals surface area contributed by atoms with Crippen molar-refractivity contribution >= 4 is 33.1 Å². The van der Waals surface area contributed by atoms with Crippen molar-refractivity contribution in [3.8, 4) is 11.5 Å². The molecule has 1 aromatic heterocycles. The van der Waals surface area contributed by atoms with E-state index in [1.807, 2.05) is 0 Å². The number of rotatable bonds is 6. The van der Waals surface area contributed by atoms with Crippen LogP contribution >= 0.6 is 0 Å². The van der Waals surface area contributed by atoms with Crippen molar-refractivity contribution in [2.45, 2.75) is 4.90 Å². The summed E-state index contributed by atoms with van der Waals surface area (Å²) in [4.78, 5) is 32.5. The molecular weight excluding hydrogens is 422 g/mol. The number of amides is 1. The molecule has 14 heteroatoms. The molecule has 0 aliphatic carbocycles. The zero-order valence-electron chi connectivity index (χ0n) is 15.0. The SMILES string of the molecule is CS(=O)(=O)c1ccc(-c2nnc(NC(=O)c3cc([N+](=O)[O-])cc([N+](=O)[O-])c3)o2)cc1. The Hall–Kier alpha value is -4.20. The number of anilines is 1. The minimum atomic E-state index is -3.38. The summed E-state index contributed by atoms with van der Waals surface area (Å²) in [6.07, 6.45) is 1.06. The summed E-state index contributed by atoms with van der Waals surface area (Å²) in [6, 6.07) is 7.63. The number of aromatic nitrogens is 2. The molecule has 0 spiro atoms. The predicted octanol–water partition coefficient (Wildman–Crippen LogP) is 2.21. The van der Waals surface area contributed by atoms with E-state index in [1.54, 1.807) is 0 Å². The highest BCUT2D eigenvalue weighted by Crippen LogP contribution is 2.25. The van der Waals surface area contributed by atoms with E-state index < -0.39 is 37.0 Å². The number of nitro groups is 2. The van der Waals surface area contributed by atoms with Crippen LogP contribution in [0.1, 0.15) is 10.4 Å². The topological polar surface area (TPSA) is 188 Å². The maximum absolute atomic E-state index is 12.3. The van der Waals surface area contributed by atoms with Crippen molar-refractivity contribution < 1.29 is 27.5 Å². The van der Waals surface area contributed by atoms with Gasteiger partial charge in [-0.15, -0.1) is 5.10 Å². The lowest BCUT2D eigenvalue weighted by molar-refractivity contribution is -0.394. The zero-order chi connectivity index (χ0) is 22.1. The fraction of sp³-hybridized carbons (Fsp3) is 0.0625. The molecule has 3 aromatic rings. The Labute approximate surface area is 167 Å². The lowest BCUT2D eigenvalue weighted by atomic mass is 10.1. The second-order valence-corrected chi connectivity index (χ2v) is 7.93. The van der Waals surface area contributed by atoms with Gasteiger partial charge in [-0.1, -0.05) is 5.10 Å². The van der Waals surface area contributed by atoms with Gasteiger partial charge >= 0.3 is 6.01 Å². The van der Waals surface area contributed by atoms with Crippen LogP contribution in [0.15, 0.2) is 51.8 Å². The molecule has 0 unspecified atom stereocenters. The van der Waals surface area contributed by atoms with Gasteiger partial charge in [0.1, 0.15) is 0 Å². The number of non-ortho nitro benzene ring substituents is 2. The maximum atomic E-state index is 12.3. The van der Waals surface area contributed by atoms with E-state index in [1.165, 1.54) is 24.3 Å². The highest BCUT2D eigenvalue weighted by atomic mass is 32.2. The van der Waals surface area contributed by atoms with Crippen molar-refractivity contribution in [2.75, 3.05) is 11.6 Å². The predicted molar refractivity (Wildman–Crippen MR) is 101 cm³/mol. The van der Waals surface area contributed by atoms with Crippen LogP contribution < -0.4 is 5.32 Å². The Kier molecular flexibility index (Phi) is 5.25. The van der Waals surface area contributed by atoms with Crippen molar-refractivity contribution in [1.29, 1.82) is 0 Å². The number of nitrogens with one attached hydrogen (secondary N) is 1. The quantitative estimate of drug-likeness (QED) is 0.445. The number of hydrogen-bond donors (Lipinski definition) is 1. The molecule has 0 aliphatic heterocycles. The van der Waals surface area contributed by atoms with Crippen molar-refractivity contribution in [2.24, 2.45) is 0 Å². The van der Waals surface area contributed by atoms with E-state index in [-0.39, 0.29) is 22.4 Å². The summed E-state index contributed by atoms with van der Waals surface area (Å²) < 4.78 is 28.3. The number of nitro benzene ring substituents is 2. The molecule has 1 heterocycles. The van der Waals surface area contributed by atoms with Crippen LogP contribution in [0.25, 0.3) is 11.5 Å². The smallest absolute Gasteiger partial charge is 0.322 e. The second-order valence-electron chi connectivity index (χ2n) is 5.92. The second kappa shape index (κ2) is 7.67. The first-order valence-corrected chi connectivity index (χ1v) is 9.83. The van der Waals surface area contributed by atoms with Crippen molar-refractivity contribution in [3.63, 3.8) is 0 Å². The summed E-state index contributed by atoms with van der Waals surface area (Å²) >= 11 is 0. The monoisotopic (exact) mass is 433 g/mol. The Bertz CT molecular complexity index is 1230. The van der Waals surface area contributed by atoms with Gasteiger partial charge in [0, 0.05) is 24.0 Å². The lowest BCUT2D eigenvalue weighted by Gasteiger charge is -2.01. The first-order chi connectivity index (χ1) is 14.0. The highest BCUT2D eigenvalue weighted by Gasteiger charge is 2.21. The maximum Gasteiger partial charge on any atom is 0.322 e. The minimum Gasteiger partial charge on any atom is -0.403 e. The number of nitrogens with zero attached hydrogens (tertiary/aromatic N) is 4. The molecule has 0 saturated carbocycles. The van der Waals surface area contributed by atoms with Gasteiger partial charge in [0.05, 0.1) is 26.4 Å². The highest BCUT2D eigenvalue weighted by molar-refractivity contribution is 7.90. The van der Waals surface area contributed by atoms with E-state index >= 15 is 0 Å². The van der Waals surface area contributed by atoms with E-state index in [0.717, 1.165) is 24.5 Å². The third kappa shape index (κ3) is 4.44. The Morgan fingerprint density at radius 1 is 1.00 bits per heavy atom. The summed E-state index contributed by atoms with van der Waals surface area (Å²) in [5.41, 5.74) is -1.24. The van der Waals surface area contributed by atoms with Gasteiger partial charge in [-0.25, -0.2) is 8.42 Å². The Morgan fingerprint density at radius 3 is 2.07 bits per heavy atom. The standard InChI is InChI=1S/C16H11N5O8S/c1-30(27,28)13-4-2-9(3-5-13)15-18-19-16(29-15)17-14(22)10-6-11(20(23)24)8-12(7-10)21(25)26/h2-8H,1H3,(H,17,19,22). The molecule has 2 aromatic carbocycles. The van der Waals surface area contributed by atoms with Gasteiger partial charge in [-0.3, -0.25) is 30.3 Å². The van der Waals surface area contributed by atoms with Crippen LogP contribution in [0, 0.1) is 20.2 Å². The molecule has 154 valence electrons. The summed E-state index contributed by atoms with van der Waals surface area (Å²) in [6.45, 7) is 0. The van der Waals surface area contributed by atoms with Gasteiger partial charge < -0.3 is 4.42 Å². The molecule has 3 rings (SSSR count). The minimum absolute atomic E-state index is 0.0321. The molecule has 0 fully saturated rings. The van der Waals surface area contributed by atoms with Gasteiger partial charge in [0.25, 0.3) is 17.3 Å². The molecule has 30 heavy (non-hydrogen) atoms. The number of carbonyl (C=O) groups excluding carboxylic acids is 1. The van der Waals surface area contributed by atoms with Gasteiger partial charge in [-0.05, 0) is 24.3 Å². The third-order valence-corrected chi connectivity index (χ3v) is 4.89. The van der Waals surface area contributed by atoms with Crippen LogP contribution in [-0.4, -0.2) is 40.6 Å². The van der Waals surface area contributed by atoms with Crippen molar-refractivity contribution in [3.05, 3.63) is 68.3 Å². The Balaban J connectivity index is 1.83. The molecule has 1 amide bonds. The van der Waals surface area contributed by atoms with Crippen LogP contribution in [0.2, 0.25) is 0 Å². The first kappa shape index (κ1) is 20.5. The largest absolute Gasteiger partial charge is 0.403 e. The molecular formula is C16H11N5O8S. The summed E-state index contributed by atoms with van der Waals surface area (Å²) in [5, 5.41) is 31.4. The number of carbonyl (C=O) groups is 1. The van der Waals surface area contributed by atoms with E-state index in [9.17, 15) is 33.4 Å². The van der Waals surface area contributed by atoms with Gasteiger partial charge in [0.15, 0.2) is 9.84 Å². The zero-order valence-corrected chi connectivity index (χ0v) is 15.8. The number of hydrogen-bond acceptors (Lipinski definition) is 10.